The molecule has 1 fully saturated rings. The fourth-order valence-electron chi connectivity index (χ4n) is 4.44. The fraction of sp³-hybridized carbons (Fsp3) is 0.185. The molecule has 0 spiro atoms. The Morgan fingerprint density at radius 3 is 2.55 bits per heavy atom. The van der Waals surface area contributed by atoms with Crippen LogP contribution in [0.4, 0.5) is 5.69 Å². The molecule has 1 aliphatic heterocycles. The predicted octanol–water partition coefficient (Wildman–Crippen LogP) is 6.39. The number of ether oxygens (including phenoxy) is 1. The van der Waals surface area contributed by atoms with Crippen molar-refractivity contribution < 1.29 is 9.53 Å². The van der Waals surface area contributed by atoms with Crippen LogP contribution in [0.1, 0.15) is 52.1 Å². The standard InChI is InChI=1S/C27H24N2O2/c1-18-8-5-13-21(24-16-15-23(31-24)19-9-3-2-4-10-19)25(18)27(30)29-22-14-6-11-20-12-7-17-28-26(20)22/h2-14,17,23-24H,15-16H2,1H3,(H,29,30). The number of nitrogens with one attached hydrogen (secondary N) is 1. The number of hydrogen-bond donors (Lipinski definition) is 1. The molecule has 4 heteroatoms. The molecule has 31 heavy (non-hydrogen) atoms. The van der Waals surface area contributed by atoms with Gasteiger partial charge in [-0.25, -0.2) is 0 Å². The fourth-order valence-corrected chi connectivity index (χ4v) is 4.44. The van der Waals surface area contributed by atoms with Gasteiger partial charge in [0, 0.05) is 17.1 Å². The summed E-state index contributed by atoms with van der Waals surface area (Å²) in [4.78, 5) is 17.9. The molecule has 2 atom stereocenters. The Labute approximate surface area is 181 Å². The number of nitrogens with zero attached hydrogens (tertiary/aromatic N) is 1. The molecule has 1 amide bonds. The maximum absolute atomic E-state index is 13.4. The van der Waals surface area contributed by atoms with Crippen LogP contribution in [0.15, 0.2) is 85.1 Å². The van der Waals surface area contributed by atoms with Crippen LogP contribution in [0.25, 0.3) is 10.9 Å². The lowest BCUT2D eigenvalue weighted by molar-refractivity contribution is 0.0434. The minimum Gasteiger partial charge on any atom is -0.366 e. The van der Waals surface area contributed by atoms with Crippen molar-refractivity contribution in [1.82, 2.24) is 4.98 Å². The number of aromatic nitrogens is 1. The summed E-state index contributed by atoms with van der Waals surface area (Å²) in [5.41, 5.74) is 5.26. The van der Waals surface area contributed by atoms with Gasteiger partial charge in [-0.1, -0.05) is 66.7 Å². The van der Waals surface area contributed by atoms with Gasteiger partial charge in [0.1, 0.15) is 0 Å². The van der Waals surface area contributed by atoms with Gasteiger partial charge in [0.25, 0.3) is 5.91 Å². The lowest BCUT2D eigenvalue weighted by Gasteiger charge is -2.19. The molecule has 1 saturated heterocycles. The molecule has 2 unspecified atom stereocenters. The Balaban J connectivity index is 1.44. The van der Waals surface area contributed by atoms with Crippen molar-refractivity contribution in [1.29, 1.82) is 0 Å². The molecule has 1 N–H and O–H groups in total. The normalized spacial score (nSPS) is 18.2. The van der Waals surface area contributed by atoms with Gasteiger partial charge in [0.2, 0.25) is 0 Å². The topological polar surface area (TPSA) is 51.2 Å². The van der Waals surface area contributed by atoms with Crippen molar-refractivity contribution in [2.45, 2.75) is 32.0 Å². The van der Waals surface area contributed by atoms with Crippen molar-refractivity contribution in [3.8, 4) is 0 Å². The number of amides is 1. The second-order valence-corrected chi connectivity index (χ2v) is 7.98. The van der Waals surface area contributed by atoms with Crippen molar-refractivity contribution in [2.24, 2.45) is 0 Å². The number of para-hydroxylation sites is 1. The number of benzene rings is 3. The molecule has 1 aromatic heterocycles. The maximum atomic E-state index is 13.4. The highest BCUT2D eigenvalue weighted by Crippen LogP contribution is 2.42. The van der Waals surface area contributed by atoms with Crippen LogP contribution in [0.5, 0.6) is 0 Å². The molecule has 4 aromatic rings. The van der Waals surface area contributed by atoms with E-state index in [0.29, 0.717) is 11.3 Å². The largest absolute Gasteiger partial charge is 0.366 e. The SMILES string of the molecule is Cc1cccc(C2CCC(c3ccccc3)O2)c1C(=O)Nc1cccc2cccnc12. The van der Waals surface area contributed by atoms with Gasteiger partial charge in [-0.05, 0) is 48.6 Å². The third-order valence-corrected chi connectivity index (χ3v) is 5.95. The van der Waals surface area contributed by atoms with E-state index in [0.717, 1.165) is 34.9 Å². The third kappa shape index (κ3) is 3.82. The smallest absolute Gasteiger partial charge is 0.256 e. The lowest BCUT2D eigenvalue weighted by Crippen LogP contribution is -2.18. The number of rotatable bonds is 4. The van der Waals surface area contributed by atoms with E-state index in [9.17, 15) is 4.79 Å². The second-order valence-electron chi connectivity index (χ2n) is 7.98. The minimum atomic E-state index is -0.127. The van der Waals surface area contributed by atoms with Crippen molar-refractivity contribution in [3.63, 3.8) is 0 Å². The molecule has 5 rings (SSSR count). The average Bonchev–Trinajstić information content (AvgIpc) is 3.30. The Bertz CT molecular complexity index is 1230. The zero-order valence-electron chi connectivity index (χ0n) is 17.4. The molecule has 2 heterocycles. The average molecular weight is 409 g/mol. The van der Waals surface area contributed by atoms with Gasteiger partial charge >= 0.3 is 0 Å². The van der Waals surface area contributed by atoms with Gasteiger partial charge in [0.05, 0.1) is 23.4 Å². The second kappa shape index (κ2) is 8.32. The van der Waals surface area contributed by atoms with E-state index in [1.807, 2.05) is 73.7 Å². The first kappa shape index (κ1) is 19.5. The van der Waals surface area contributed by atoms with Crippen molar-refractivity contribution in [3.05, 3.63) is 107 Å². The maximum Gasteiger partial charge on any atom is 0.256 e. The van der Waals surface area contributed by atoms with E-state index in [2.05, 4.69) is 22.4 Å². The molecule has 0 saturated carbocycles. The Morgan fingerprint density at radius 2 is 1.68 bits per heavy atom. The van der Waals surface area contributed by atoms with Crippen LogP contribution in [-0.2, 0) is 4.74 Å². The van der Waals surface area contributed by atoms with Crippen LogP contribution >= 0.6 is 0 Å². The molecule has 0 bridgehead atoms. The van der Waals surface area contributed by atoms with Crippen molar-refractivity contribution >= 4 is 22.5 Å². The highest BCUT2D eigenvalue weighted by atomic mass is 16.5. The van der Waals surface area contributed by atoms with Crippen LogP contribution in [0.2, 0.25) is 0 Å². The minimum absolute atomic E-state index is 0.0601. The van der Waals surface area contributed by atoms with E-state index in [-0.39, 0.29) is 18.1 Å². The summed E-state index contributed by atoms with van der Waals surface area (Å²) in [5.74, 6) is -0.127. The lowest BCUT2D eigenvalue weighted by atomic mass is 9.95. The number of fused-ring (bicyclic) bond motifs is 1. The molecule has 0 aliphatic carbocycles. The molecule has 154 valence electrons. The first-order valence-electron chi connectivity index (χ1n) is 10.7. The first-order valence-corrected chi connectivity index (χ1v) is 10.7. The van der Waals surface area contributed by atoms with Gasteiger partial charge in [-0.2, -0.15) is 0 Å². The number of anilines is 1. The monoisotopic (exact) mass is 408 g/mol. The summed E-state index contributed by atoms with van der Waals surface area (Å²) < 4.78 is 6.41. The molecule has 3 aromatic carbocycles. The van der Waals surface area contributed by atoms with Crippen LogP contribution in [0.3, 0.4) is 0 Å². The zero-order chi connectivity index (χ0) is 21.2. The Hall–Kier alpha value is -3.50. The first-order chi connectivity index (χ1) is 15.2. The molecule has 0 radical (unpaired) electrons. The van der Waals surface area contributed by atoms with E-state index < -0.39 is 0 Å². The summed E-state index contributed by atoms with van der Waals surface area (Å²) in [7, 11) is 0. The number of hydrogen-bond acceptors (Lipinski definition) is 3. The summed E-state index contributed by atoms with van der Waals surface area (Å²) >= 11 is 0. The van der Waals surface area contributed by atoms with Gasteiger partial charge in [-0.15, -0.1) is 0 Å². The Kier molecular flexibility index (Phi) is 5.23. The Morgan fingerprint density at radius 1 is 0.903 bits per heavy atom. The molecule has 1 aliphatic rings. The number of carbonyl (C=O) groups excluding carboxylic acids is 1. The van der Waals surface area contributed by atoms with E-state index in [1.165, 1.54) is 5.56 Å². The number of aryl methyl sites for hydroxylation is 1. The zero-order valence-corrected chi connectivity index (χ0v) is 17.4. The molecular weight excluding hydrogens is 384 g/mol. The number of pyridine rings is 1. The van der Waals surface area contributed by atoms with Crippen LogP contribution in [0, 0.1) is 6.92 Å². The van der Waals surface area contributed by atoms with Crippen molar-refractivity contribution in [2.75, 3.05) is 5.32 Å². The van der Waals surface area contributed by atoms with Crippen LogP contribution < -0.4 is 5.32 Å². The highest BCUT2D eigenvalue weighted by molar-refractivity contribution is 6.09. The molecule has 4 nitrogen and oxygen atoms in total. The predicted molar refractivity (Wildman–Crippen MR) is 123 cm³/mol. The van der Waals surface area contributed by atoms with Gasteiger partial charge in [-0.3, -0.25) is 9.78 Å². The van der Waals surface area contributed by atoms with Gasteiger partial charge in [0.15, 0.2) is 0 Å². The summed E-state index contributed by atoms with van der Waals surface area (Å²) in [5, 5.41) is 4.09. The summed E-state index contributed by atoms with van der Waals surface area (Å²) in [6, 6.07) is 26.0. The van der Waals surface area contributed by atoms with Crippen LogP contribution in [-0.4, -0.2) is 10.9 Å². The van der Waals surface area contributed by atoms with Gasteiger partial charge < -0.3 is 10.1 Å². The third-order valence-electron chi connectivity index (χ3n) is 5.95. The van der Waals surface area contributed by atoms with E-state index in [1.54, 1.807) is 6.20 Å². The summed E-state index contributed by atoms with van der Waals surface area (Å²) in [6.45, 7) is 1.98. The van der Waals surface area contributed by atoms with E-state index in [4.69, 9.17) is 4.74 Å². The summed E-state index contributed by atoms with van der Waals surface area (Å²) in [6.07, 6.45) is 3.53. The quantitative estimate of drug-likeness (QED) is 0.426. The molecular formula is C27H24N2O2. The van der Waals surface area contributed by atoms with E-state index >= 15 is 0 Å². The number of carbonyl (C=O) groups is 1. The highest BCUT2D eigenvalue weighted by Gasteiger charge is 2.31.